The topological polar surface area (TPSA) is 56.0 Å². The van der Waals surface area contributed by atoms with E-state index in [0.29, 0.717) is 11.5 Å². The predicted octanol–water partition coefficient (Wildman–Crippen LogP) is 1.51. The third-order valence-corrected chi connectivity index (χ3v) is 3.83. The number of likely N-dealkylation sites (tertiary alicyclic amines) is 1. The number of nitrogens with zero attached hydrogens (tertiary/aromatic N) is 5. The maximum Gasteiger partial charge on any atom is 0.257 e. The number of imidazole rings is 1. The van der Waals surface area contributed by atoms with E-state index in [1.54, 1.807) is 17.1 Å². The molecule has 0 aliphatic carbocycles. The highest BCUT2D eigenvalue weighted by Crippen LogP contribution is 2.27. The van der Waals surface area contributed by atoms with Crippen molar-refractivity contribution in [3.8, 4) is 0 Å². The summed E-state index contributed by atoms with van der Waals surface area (Å²) in [5, 5.41) is 4.06. The summed E-state index contributed by atoms with van der Waals surface area (Å²) >= 11 is 0. The van der Waals surface area contributed by atoms with E-state index in [1.807, 2.05) is 32.1 Å². The Hall–Kier alpha value is -1.82. The van der Waals surface area contributed by atoms with Gasteiger partial charge in [-0.2, -0.15) is 5.10 Å². The number of amides is 1. The highest BCUT2D eigenvalue weighted by atomic mass is 35.5. The number of carbonyl (C=O) groups excluding carboxylic acids is 1. The van der Waals surface area contributed by atoms with Crippen molar-refractivity contribution in [2.24, 2.45) is 14.1 Å². The molecule has 0 bridgehead atoms. The fourth-order valence-corrected chi connectivity index (χ4v) is 2.88. The van der Waals surface area contributed by atoms with Crippen LogP contribution in [0.15, 0.2) is 18.6 Å². The van der Waals surface area contributed by atoms with Gasteiger partial charge < -0.3 is 9.47 Å². The van der Waals surface area contributed by atoms with E-state index in [1.165, 1.54) is 0 Å². The van der Waals surface area contributed by atoms with Gasteiger partial charge in [0.05, 0.1) is 17.5 Å². The Morgan fingerprint density at radius 2 is 2.10 bits per heavy atom. The smallest absolute Gasteiger partial charge is 0.257 e. The molecule has 21 heavy (non-hydrogen) atoms. The van der Waals surface area contributed by atoms with Gasteiger partial charge in [-0.25, -0.2) is 4.98 Å². The Bertz CT molecular complexity index is 648. The first-order chi connectivity index (χ1) is 9.54. The largest absolute Gasteiger partial charge is 0.338 e. The summed E-state index contributed by atoms with van der Waals surface area (Å²) in [7, 11) is 3.83. The van der Waals surface area contributed by atoms with Crippen molar-refractivity contribution >= 4 is 18.3 Å². The molecule has 3 heterocycles. The van der Waals surface area contributed by atoms with Crippen molar-refractivity contribution in [2.45, 2.75) is 19.3 Å². The van der Waals surface area contributed by atoms with Crippen molar-refractivity contribution in [1.29, 1.82) is 0 Å². The Kier molecular flexibility index (Phi) is 4.37. The molecule has 3 rings (SSSR count). The van der Waals surface area contributed by atoms with Gasteiger partial charge >= 0.3 is 0 Å². The zero-order valence-electron chi connectivity index (χ0n) is 12.5. The van der Waals surface area contributed by atoms with Crippen molar-refractivity contribution in [1.82, 2.24) is 24.2 Å². The van der Waals surface area contributed by atoms with Gasteiger partial charge in [-0.15, -0.1) is 12.4 Å². The summed E-state index contributed by atoms with van der Waals surface area (Å²) in [5.41, 5.74) is 1.68. The molecule has 0 saturated carbocycles. The fraction of sp³-hybridized carbons (Fsp3) is 0.500. The molecule has 2 aromatic rings. The summed E-state index contributed by atoms with van der Waals surface area (Å²) < 4.78 is 3.72. The van der Waals surface area contributed by atoms with E-state index in [4.69, 9.17) is 0 Å². The van der Waals surface area contributed by atoms with Gasteiger partial charge in [0, 0.05) is 45.5 Å². The summed E-state index contributed by atoms with van der Waals surface area (Å²) in [6.45, 7) is 3.51. The number of carbonyl (C=O) groups is 1. The summed E-state index contributed by atoms with van der Waals surface area (Å²) in [6.07, 6.45) is 6.39. The maximum absolute atomic E-state index is 12.4. The van der Waals surface area contributed by atoms with Gasteiger partial charge in [-0.05, 0) is 13.3 Å². The second kappa shape index (κ2) is 5.89. The molecule has 1 saturated heterocycles. The van der Waals surface area contributed by atoms with Crippen LogP contribution in [0.4, 0.5) is 0 Å². The zero-order chi connectivity index (χ0) is 14.3. The van der Waals surface area contributed by atoms with Crippen LogP contribution in [-0.4, -0.2) is 43.2 Å². The van der Waals surface area contributed by atoms with Crippen LogP contribution < -0.4 is 0 Å². The number of hydrogen-bond acceptors (Lipinski definition) is 3. The van der Waals surface area contributed by atoms with Gasteiger partial charge in [0.15, 0.2) is 0 Å². The molecule has 1 atom stereocenters. The van der Waals surface area contributed by atoms with E-state index >= 15 is 0 Å². The lowest BCUT2D eigenvalue weighted by Crippen LogP contribution is -2.28. The van der Waals surface area contributed by atoms with Gasteiger partial charge in [0.25, 0.3) is 5.91 Å². The van der Waals surface area contributed by atoms with Crippen LogP contribution in [0.1, 0.15) is 34.2 Å². The third kappa shape index (κ3) is 2.95. The number of rotatable bonds is 2. The Morgan fingerprint density at radius 3 is 2.67 bits per heavy atom. The lowest BCUT2D eigenvalue weighted by molar-refractivity contribution is 0.0790. The average molecular weight is 310 g/mol. The van der Waals surface area contributed by atoms with Crippen LogP contribution in [0, 0.1) is 6.92 Å². The van der Waals surface area contributed by atoms with Gasteiger partial charge in [-0.1, -0.05) is 0 Å². The number of aryl methyl sites for hydroxylation is 3. The molecule has 1 unspecified atom stereocenters. The van der Waals surface area contributed by atoms with Crippen molar-refractivity contribution in [3.05, 3.63) is 35.7 Å². The zero-order valence-corrected chi connectivity index (χ0v) is 13.3. The minimum absolute atomic E-state index is 0. The molecular weight excluding hydrogens is 290 g/mol. The van der Waals surface area contributed by atoms with E-state index in [9.17, 15) is 4.79 Å². The summed E-state index contributed by atoms with van der Waals surface area (Å²) in [4.78, 5) is 18.8. The predicted molar refractivity (Wildman–Crippen MR) is 81.7 cm³/mol. The molecule has 1 amide bonds. The first-order valence-electron chi connectivity index (χ1n) is 6.82. The minimum Gasteiger partial charge on any atom is -0.338 e. The van der Waals surface area contributed by atoms with Gasteiger partial charge in [-0.3, -0.25) is 9.48 Å². The van der Waals surface area contributed by atoms with Crippen molar-refractivity contribution in [2.75, 3.05) is 13.1 Å². The van der Waals surface area contributed by atoms with Crippen LogP contribution in [0.2, 0.25) is 0 Å². The lowest BCUT2D eigenvalue weighted by Gasteiger charge is -2.15. The van der Waals surface area contributed by atoms with Gasteiger partial charge in [0.2, 0.25) is 0 Å². The van der Waals surface area contributed by atoms with E-state index in [-0.39, 0.29) is 18.3 Å². The quantitative estimate of drug-likeness (QED) is 0.845. The molecule has 1 aliphatic heterocycles. The van der Waals surface area contributed by atoms with E-state index < -0.39 is 0 Å². The summed E-state index contributed by atoms with van der Waals surface area (Å²) in [5.74, 6) is 1.46. The first-order valence-corrected chi connectivity index (χ1v) is 6.82. The van der Waals surface area contributed by atoms with Crippen molar-refractivity contribution < 1.29 is 4.79 Å². The number of halogens is 1. The molecule has 6 nitrogen and oxygen atoms in total. The maximum atomic E-state index is 12.4. The molecule has 0 aromatic carbocycles. The number of hydrogen-bond donors (Lipinski definition) is 0. The molecule has 1 fully saturated rings. The second-order valence-corrected chi connectivity index (χ2v) is 5.49. The third-order valence-electron chi connectivity index (χ3n) is 3.83. The van der Waals surface area contributed by atoms with Crippen LogP contribution >= 0.6 is 12.4 Å². The van der Waals surface area contributed by atoms with Gasteiger partial charge in [0.1, 0.15) is 5.82 Å². The molecule has 2 aromatic heterocycles. The average Bonchev–Trinajstić information content (AvgIpc) is 3.08. The SMILES string of the molecule is Cc1cn(C)c(C2CCN(C(=O)c3cnn(C)c3)C2)n1.Cl. The monoisotopic (exact) mass is 309 g/mol. The lowest BCUT2D eigenvalue weighted by atomic mass is 10.1. The molecule has 114 valence electrons. The minimum atomic E-state index is 0. The van der Waals surface area contributed by atoms with Crippen LogP contribution in [-0.2, 0) is 14.1 Å². The molecule has 0 N–H and O–H groups in total. The van der Waals surface area contributed by atoms with Crippen LogP contribution in [0.3, 0.4) is 0 Å². The first kappa shape index (κ1) is 15.6. The van der Waals surface area contributed by atoms with Crippen LogP contribution in [0.25, 0.3) is 0 Å². The standard InChI is InChI=1S/C14H19N5O.ClH/c1-10-7-17(2)13(16-10)11-4-5-19(9-11)14(20)12-6-15-18(3)8-12;/h6-8,11H,4-5,9H2,1-3H3;1H. The number of aromatic nitrogens is 4. The fourth-order valence-electron chi connectivity index (χ4n) is 2.88. The summed E-state index contributed by atoms with van der Waals surface area (Å²) in [6, 6.07) is 0. The second-order valence-electron chi connectivity index (χ2n) is 5.49. The normalized spacial score (nSPS) is 17.9. The Labute approximate surface area is 130 Å². The molecular formula is C14H20ClN5O. The molecule has 7 heteroatoms. The highest BCUT2D eigenvalue weighted by molar-refractivity contribution is 5.93. The highest BCUT2D eigenvalue weighted by Gasteiger charge is 2.30. The van der Waals surface area contributed by atoms with Crippen molar-refractivity contribution in [3.63, 3.8) is 0 Å². The molecule has 1 aliphatic rings. The Morgan fingerprint density at radius 1 is 1.33 bits per heavy atom. The van der Waals surface area contributed by atoms with E-state index in [2.05, 4.69) is 14.6 Å². The molecule has 0 radical (unpaired) electrons. The Balaban J connectivity index is 0.00000161. The van der Waals surface area contributed by atoms with E-state index in [0.717, 1.165) is 31.0 Å². The molecule has 0 spiro atoms. The van der Waals surface area contributed by atoms with Crippen LogP contribution in [0.5, 0.6) is 0 Å².